The van der Waals surface area contributed by atoms with E-state index in [9.17, 15) is 38.2 Å². The Labute approximate surface area is 307 Å². The van der Waals surface area contributed by atoms with E-state index >= 15 is 0 Å². The normalized spacial score (nSPS) is 16.5. The van der Waals surface area contributed by atoms with Crippen molar-refractivity contribution in [2.45, 2.75) is 36.1 Å². The van der Waals surface area contributed by atoms with E-state index in [1.807, 2.05) is 31.2 Å². The van der Waals surface area contributed by atoms with Gasteiger partial charge < -0.3 is 25.6 Å². The highest BCUT2D eigenvalue weighted by Gasteiger charge is 2.49. The van der Waals surface area contributed by atoms with Crippen LogP contribution in [0.15, 0.2) is 97.1 Å². The van der Waals surface area contributed by atoms with E-state index in [0.717, 1.165) is 11.1 Å². The van der Waals surface area contributed by atoms with Gasteiger partial charge in [0.2, 0.25) is 11.8 Å². The predicted molar refractivity (Wildman–Crippen MR) is 196 cm³/mol. The Morgan fingerprint density at radius 3 is 2.10 bits per heavy atom. The molecule has 52 heavy (non-hydrogen) atoms. The standard InChI is InChI=1S/C38H37F2N3O7S2/c1-23-2-4-24(5-3-23)20-51-21-31(38(48)49)43(33(45)18-41)34(46)19-50-30-16-8-26(9-17-30)35-36(37(47)42(35)29-14-12-28(40)13-15-29)52-22-32(44)25-6-10-27(39)11-7-25/h2-17,31-32,35-36,44H,18-22,41H2,1H3,(H,48,49)/t31-,32?,35-,36-/m1/s1. The third-order valence-corrected chi connectivity index (χ3v) is 10.8. The lowest BCUT2D eigenvalue weighted by molar-refractivity contribution is -0.157. The summed E-state index contributed by atoms with van der Waals surface area (Å²) in [7, 11) is 0. The first-order valence-corrected chi connectivity index (χ1v) is 18.4. The molecule has 4 aromatic carbocycles. The molecule has 10 nitrogen and oxygen atoms in total. The lowest BCUT2D eigenvalue weighted by Gasteiger charge is -2.47. The molecule has 1 saturated heterocycles. The van der Waals surface area contributed by atoms with E-state index in [1.165, 1.54) is 77.0 Å². The van der Waals surface area contributed by atoms with Crippen LogP contribution < -0.4 is 15.4 Å². The zero-order valence-electron chi connectivity index (χ0n) is 28.1. The second kappa shape index (κ2) is 17.6. The van der Waals surface area contributed by atoms with Crippen molar-refractivity contribution in [2.75, 3.05) is 29.6 Å². The molecule has 0 radical (unpaired) electrons. The maximum absolute atomic E-state index is 13.7. The summed E-state index contributed by atoms with van der Waals surface area (Å²) in [4.78, 5) is 53.7. The first-order chi connectivity index (χ1) is 25.0. The molecule has 1 aliphatic rings. The molecule has 0 aromatic heterocycles. The number of nitrogens with zero attached hydrogens (tertiary/aromatic N) is 2. The van der Waals surface area contributed by atoms with Gasteiger partial charge in [0.05, 0.1) is 18.7 Å². The highest BCUT2D eigenvalue weighted by Crippen LogP contribution is 2.46. The molecule has 5 rings (SSSR count). The van der Waals surface area contributed by atoms with Crippen LogP contribution in [0, 0.1) is 18.6 Å². The molecule has 1 aliphatic heterocycles. The minimum Gasteiger partial charge on any atom is -0.484 e. The monoisotopic (exact) mass is 749 g/mol. The topological polar surface area (TPSA) is 150 Å². The van der Waals surface area contributed by atoms with Crippen molar-refractivity contribution in [1.82, 2.24) is 4.90 Å². The van der Waals surface area contributed by atoms with Crippen molar-refractivity contribution >= 4 is 52.9 Å². The Morgan fingerprint density at radius 2 is 1.50 bits per heavy atom. The number of carboxylic acids is 1. The minimum atomic E-state index is -1.46. The zero-order valence-corrected chi connectivity index (χ0v) is 29.7. The Bertz CT molecular complexity index is 1860. The number of aryl methyl sites for hydroxylation is 1. The van der Waals surface area contributed by atoms with Gasteiger partial charge in [-0.25, -0.2) is 13.6 Å². The van der Waals surface area contributed by atoms with Crippen LogP contribution in [0.3, 0.4) is 0 Å². The van der Waals surface area contributed by atoms with Crippen LogP contribution in [-0.4, -0.2) is 74.8 Å². The van der Waals surface area contributed by atoms with Crippen LogP contribution in [-0.2, 0) is 24.9 Å². The average molecular weight is 750 g/mol. The number of aliphatic carboxylic acids is 1. The Morgan fingerprint density at radius 1 is 0.885 bits per heavy atom. The molecule has 0 bridgehead atoms. The molecule has 0 saturated carbocycles. The highest BCUT2D eigenvalue weighted by molar-refractivity contribution is 8.00. The third kappa shape index (κ3) is 9.36. The number of hydrogen-bond acceptors (Lipinski definition) is 9. The molecule has 4 aromatic rings. The predicted octanol–water partition coefficient (Wildman–Crippen LogP) is 5.28. The van der Waals surface area contributed by atoms with E-state index in [2.05, 4.69) is 0 Å². The number of aliphatic hydroxyl groups is 1. The van der Waals surface area contributed by atoms with E-state index in [4.69, 9.17) is 10.5 Å². The minimum absolute atomic E-state index is 0.0554. The summed E-state index contributed by atoms with van der Waals surface area (Å²) < 4.78 is 32.8. The summed E-state index contributed by atoms with van der Waals surface area (Å²) in [5.74, 6) is -3.39. The van der Waals surface area contributed by atoms with E-state index in [-0.39, 0.29) is 23.2 Å². The fraction of sp³-hybridized carbons (Fsp3) is 0.263. The van der Waals surface area contributed by atoms with Crippen LogP contribution in [0.2, 0.25) is 0 Å². The van der Waals surface area contributed by atoms with Crippen LogP contribution in [0.5, 0.6) is 5.75 Å². The number of amides is 3. The molecule has 3 amide bonds. The molecule has 4 N–H and O–H groups in total. The summed E-state index contributed by atoms with van der Waals surface area (Å²) in [5, 5.41) is 20.0. The maximum atomic E-state index is 13.7. The number of ether oxygens (including phenoxy) is 1. The van der Waals surface area contributed by atoms with Gasteiger partial charge in [0.25, 0.3) is 5.91 Å². The second-order valence-electron chi connectivity index (χ2n) is 12.0. The number of carboxylic acid groups (broad SMARTS) is 1. The number of β-lactam (4-membered cyclic amide) rings is 1. The van der Waals surface area contributed by atoms with Gasteiger partial charge in [-0.2, -0.15) is 11.8 Å². The van der Waals surface area contributed by atoms with Crippen molar-refractivity contribution < 1.29 is 42.9 Å². The maximum Gasteiger partial charge on any atom is 0.327 e. The van der Waals surface area contributed by atoms with Crippen molar-refractivity contribution in [1.29, 1.82) is 0 Å². The summed E-state index contributed by atoms with van der Waals surface area (Å²) in [5.41, 5.74) is 9.27. The number of benzene rings is 4. The van der Waals surface area contributed by atoms with E-state index in [0.29, 0.717) is 27.5 Å². The molecular weight excluding hydrogens is 713 g/mol. The number of nitrogens with two attached hydrogens (primary N) is 1. The first kappa shape index (κ1) is 38.5. The van der Waals surface area contributed by atoms with Gasteiger partial charge in [0.15, 0.2) is 6.61 Å². The van der Waals surface area contributed by atoms with Gasteiger partial charge in [0.1, 0.15) is 28.7 Å². The van der Waals surface area contributed by atoms with E-state index in [1.54, 1.807) is 24.3 Å². The van der Waals surface area contributed by atoms with Crippen LogP contribution in [0.4, 0.5) is 14.5 Å². The fourth-order valence-corrected chi connectivity index (χ4v) is 7.96. The Hall–Kier alpha value is -4.76. The number of thioether (sulfide) groups is 2. The molecular formula is C38H37F2N3O7S2. The van der Waals surface area contributed by atoms with E-state index < -0.39 is 66.0 Å². The van der Waals surface area contributed by atoms with Crippen molar-refractivity contribution in [2.24, 2.45) is 5.73 Å². The zero-order chi connectivity index (χ0) is 37.4. The molecule has 14 heteroatoms. The SMILES string of the molecule is Cc1ccc(CSC[C@H](C(=O)O)N(C(=O)CN)C(=O)COc2ccc([C@@H]3[C@@H](SCC(O)c4ccc(F)cc4)C(=O)N3c3ccc(F)cc3)cc2)cc1. The van der Waals surface area contributed by atoms with Gasteiger partial charge in [0, 0.05) is 22.9 Å². The summed E-state index contributed by atoms with van der Waals surface area (Å²) in [6.45, 7) is 0.747. The number of imide groups is 1. The Balaban J connectivity index is 1.26. The summed E-state index contributed by atoms with van der Waals surface area (Å²) in [6.07, 6.45) is -0.953. The molecule has 4 atom stereocenters. The number of carbonyl (C=O) groups excluding carboxylic acids is 3. The molecule has 1 unspecified atom stereocenters. The smallest absolute Gasteiger partial charge is 0.327 e. The first-order valence-electron chi connectivity index (χ1n) is 16.2. The quantitative estimate of drug-likeness (QED) is 0.129. The summed E-state index contributed by atoms with van der Waals surface area (Å²) in [6, 6.07) is 23.3. The number of aliphatic hydroxyl groups excluding tert-OH is 1. The number of halogens is 2. The van der Waals surface area contributed by atoms with Crippen LogP contribution >= 0.6 is 23.5 Å². The number of rotatable bonds is 16. The molecule has 1 fully saturated rings. The second-order valence-corrected chi connectivity index (χ2v) is 14.2. The van der Waals surface area contributed by atoms with Crippen molar-refractivity contribution in [3.8, 4) is 5.75 Å². The van der Waals surface area contributed by atoms with Crippen molar-refractivity contribution in [3.63, 3.8) is 0 Å². The average Bonchev–Trinajstić information content (AvgIpc) is 3.14. The fourth-order valence-electron chi connectivity index (χ4n) is 5.60. The Kier molecular flexibility index (Phi) is 13.1. The highest BCUT2D eigenvalue weighted by atomic mass is 32.2. The largest absolute Gasteiger partial charge is 0.484 e. The number of carbonyl (C=O) groups is 4. The van der Waals surface area contributed by atoms with Crippen LogP contribution in [0.1, 0.15) is 34.4 Å². The third-order valence-electron chi connectivity index (χ3n) is 8.40. The molecule has 1 heterocycles. The summed E-state index contributed by atoms with van der Waals surface area (Å²) >= 11 is 2.50. The van der Waals surface area contributed by atoms with Gasteiger partial charge in [-0.1, -0.05) is 54.1 Å². The number of hydrogen-bond donors (Lipinski definition) is 3. The van der Waals surface area contributed by atoms with Gasteiger partial charge in [-0.05, 0) is 72.1 Å². The van der Waals surface area contributed by atoms with Crippen molar-refractivity contribution in [3.05, 3.63) is 131 Å². The molecule has 0 spiro atoms. The lowest BCUT2D eigenvalue weighted by atomic mass is 9.92. The molecule has 0 aliphatic carbocycles. The van der Waals surface area contributed by atoms with Crippen LogP contribution in [0.25, 0.3) is 0 Å². The number of anilines is 1. The lowest BCUT2D eigenvalue weighted by Crippen LogP contribution is -2.57. The van der Waals surface area contributed by atoms with Gasteiger partial charge in [-0.15, -0.1) is 11.8 Å². The van der Waals surface area contributed by atoms with Gasteiger partial charge in [-0.3, -0.25) is 19.3 Å². The van der Waals surface area contributed by atoms with Gasteiger partial charge >= 0.3 is 5.97 Å². The molecule has 272 valence electrons.